The standard InChI is InChI=1S/C29H48O5/c1-2-3-4-5-6-7-8-9-10-11-12-16-21-33-28(31)22-27-19-20-29(24-30,34-27)25-32-23-26-17-14-13-15-18-26/h13-15,17-18,27,30H,2-12,16,19-25H2,1H3/t27-,29-/m0/s1. The molecular formula is C29H48O5. The number of hydrogen-bond donors (Lipinski definition) is 1. The van der Waals surface area contributed by atoms with Crippen molar-refractivity contribution in [3.8, 4) is 0 Å². The third-order valence-electron chi connectivity index (χ3n) is 6.76. The Balaban J connectivity index is 1.46. The molecule has 0 radical (unpaired) electrons. The average Bonchev–Trinajstić information content (AvgIpc) is 3.25. The summed E-state index contributed by atoms with van der Waals surface area (Å²) < 4.78 is 17.3. The molecule has 2 atom stereocenters. The average molecular weight is 477 g/mol. The van der Waals surface area contributed by atoms with Crippen molar-refractivity contribution < 1.29 is 24.1 Å². The number of hydrogen-bond acceptors (Lipinski definition) is 5. The summed E-state index contributed by atoms with van der Waals surface area (Å²) in [4.78, 5) is 12.2. The van der Waals surface area contributed by atoms with Crippen LogP contribution in [-0.2, 0) is 25.6 Å². The minimum atomic E-state index is -0.713. The van der Waals surface area contributed by atoms with Crippen molar-refractivity contribution in [3.63, 3.8) is 0 Å². The van der Waals surface area contributed by atoms with Crippen LogP contribution >= 0.6 is 0 Å². The van der Waals surface area contributed by atoms with Crippen LogP contribution in [0.3, 0.4) is 0 Å². The zero-order chi connectivity index (χ0) is 24.3. The highest BCUT2D eigenvalue weighted by atomic mass is 16.6. The lowest BCUT2D eigenvalue weighted by atomic mass is 10.0. The van der Waals surface area contributed by atoms with Gasteiger partial charge in [0, 0.05) is 0 Å². The molecule has 0 saturated carbocycles. The van der Waals surface area contributed by atoms with Crippen molar-refractivity contribution >= 4 is 5.97 Å². The van der Waals surface area contributed by atoms with Crippen LogP contribution < -0.4 is 0 Å². The lowest BCUT2D eigenvalue weighted by Crippen LogP contribution is -2.39. The molecule has 1 saturated heterocycles. The second-order valence-electron chi connectivity index (χ2n) is 9.91. The fourth-order valence-electron chi connectivity index (χ4n) is 4.61. The molecule has 1 aliphatic rings. The van der Waals surface area contributed by atoms with Crippen molar-refractivity contribution in [3.05, 3.63) is 35.9 Å². The van der Waals surface area contributed by atoms with E-state index in [4.69, 9.17) is 14.2 Å². The lowest BCUT2D eigenvalue weighted by Gasteiger charge is -2.27. The second kappa shape index (κ2) is 17.9. The Morgan fingerprint density at radius 3 is 2.21 bits per heavy atom. The first-order valence-corrected chi connectivity index (χ1v) is 13.7. The van der Waals surface area contributed by atoms with E-state index in [1.165, 1.54) is 64.2 Å². The van der Waals surface area contributed by atoms with Crippen LogP contribution in [0.5, 0.6) is 0 Å². The first kappa shape index (κ1) is 28.8. The number of carbonyl (C=O) groups excluding carboxylic acids is 1. The van der Waals surface area contributed by atoms with Crippen molar-refractivity contribution in [1.82, 2.24) is 0 Å². The van der Waals surface area contributed by atoms with Gasteiger partial charge in [0.15, 0.2) is 0 Å². The number of aliphatic hydroxyl groups excluding tert-OH is 1. The molecule has 5 nitrogen and oxygen atoms in total. The van der Waals surface area contributed by atoms with Crippen molar-refractivity contribution in [2.24, 2.45) is 0 Å². The van der Waals surface area contributed by atoms with Crippen LogP contribution in [0.2, 0.25) is 0 Å². The number of aliphatic hydroxyl groups is 1. The maximum absolute atomic E-state index is 12.2. The fourth-order valence-corrected chi connectivity index (χ4v) is 4.61. The quantitative estimate of drug-likeness (QED) is 0.167. The summed E-state index contributed by atoms with van der Waals surface area (Å²) in [7, 11) is 0. The molecule has 5 heteroatoms. The van der Waals surface area contributed by atoms with Gasteiger partial charge in [-0.2, -0.15) is 0 Å². The number of benzene rings is 1. The minimum absolute atomic E-state index is 0.105. The van der Waals surface area contributed by atoms with E-state index in [2.05, 4.69) is 6.92 Å². The highest BCUT2D eigenvalue weighted by molar-refractivity contribution is 5.70. The Morgan fingerprint density at radius 2 is 1.59 bits per heavy atom. The predicted octanol–water partition coefficient (Wildman–Crippen LogP) is 6.75. The third kappa shape index (κ3) is 12.3. The molecule has 194 valence electrons. The van der Waals surface area contributed by atoms with Crippen molar-refractivity contribution in [2.75, 3.05) is 19.8 Å². The summed E-state index contributed by atoms with van der Waals surface area (Å²) in [6.45, 7) is 3.46. The largest absolute Gasteiger partial charge is 0.466 e. The van der Waals surface area contributed by atoms with Gasteiger partial charge in [0.25, 0.3) is 0 Å². The topological polar surface area (TPSA) is 65.0 Å². The van der Waals surface area contributed by atoms with E-state index in [9.17, 15) is 9.90 Å². The molecule has 1 aromatic rings. The van der Waals surface area contributed by atoms with E-state index < -0.39 is 5.60 Å². The van der Waals surface area contributed by atoms with Gasteiger partial charge in [-0.05, 0) is 24.8 Å². The van der Waals surface area contributed by atoms with E-state index in [0.717, 1.165) is 24.8 Å². The molecule has 0 spiro atoms. The van der Waals surface area contributed by atoms with Crippen LogP contribution in [0.25, 0.3) is 0 Å². The summed E-state index contributed by atoms with van der Waals surface area (Å²) in [6.07, 6.45) is 17.0. The van der Waals surface area contributed by atoms with Gasteiger partial charge in [0.05, 0.1) is 39.0 Å². The Kier molecular flexibility index (Phi) is 15.2. The molecule has 0 aromatic heterocycles. The summed E-state index contributed by atoms with van der Waals surface area (Å²) in [5, 5.41) is 9.88. The molecule has 1 N–H and O–H groups in total. The van der Waals surface area contributed by atoms with Crippen LogP contribution in [0, 0.1) is 0 Å². The molecular weight excluding hydrogens is 428 g/mol. The van der Waals surface area contributed by atoms with Crippen LogP contribution in [-0.4, -0.2) is 42.6 Å². The zero-order valence-corrected chi connectivity index (χ0v) is 21.5. The van der Waals surface area contributed by atoms with Crippen LogP contribution in [0.4, 0.5) is 0 Å². The molecule has 0 amide bonds. The van der Waals surface area contributed by atoms with Crippen molar-refractivity contribution in [1.29, 1.82) is 0 Å². The molecule has 1 aliphatic heterocycles. The summed E-state index contributed by atoms with van der Waals surface area (Å²) in [5.74, 6) is -0.202. The third-order valence-corrected chi connectivity index (χ3v) is 6.76. The molecule has 2 rings (SSSR count). The van der Waals surface area contributed by atoms with E-state index in [-0.39, 0.29) is 25.1 Å². The molecule has 1 fully saturated rings. The van der Waals surface area contributed by atoms with Gasteiger partial charge in [-0.3, -0.25) is 4.79 Å². The highest BCUT2D eigenvalue weighted by Crippen LogP contribution is 2.32. The van der Waals surface area contributed by atoms with Gasteiger partial charge >= 0.3 is 5.97 Å². The van der Waals surface area contributed by atoms with Gasteiger partial charge in [-0.25, -0.2) is 0 Å². The Morgan fingerprint density at radius 1 is 0.971 bits per heavy atom. The number of unbranched alkanes of at least 4 members (excludes halogenated alkanes) is 11. The van der Waals surface area contributed by atoms with Crippen LogP contribution in [0.1, 0.15) is 109 Å². The number of rotatable bonds is 20. The molecule has 0 bridgehead atoms. The van der Waals surface area contributed by atoms with Crippen molar-refractivity contribution in [2.45, 2.75) is 122 Å². The fraction of sp³-hybridized carbons (Fsp3) is 0.759. The maximum atomic E-state index is 12.2. The van der Waals surface area contributed by atoms with Gasteiger partial charge < -0.3 is 19.3 Å². The number of carbonyl (C=O) groups is 1. The summed E-state index contributed by atoms with van der Waals surface area (Å²) >= 11 is 0. The summed E-state index contributed by atoms with van der Waals surface area (Å²) in [6, 6.07) is 9.95. The van der Waals surface area contributed by atoms with Gasteiger partial charge in [-0.15, -0.1) is 0 Å². The SMILES string of the molecule is CCCCCCCCCCCCCCOC(=O)C[C@@H]1CC[C@](CO)(COCc2ccccc2)O1. The predicted molar refractivity (Wildman–Crippen MR) is 137 cm³/mol. The summed E-state index contributed by atoms with van der Waals surface area (Å²) in [5.41, 5.74) is 0.376. The van der Waals surface area contributed by atoms with E-state index in [1.807, 2.05) is 30.3 Å². The van der Waals surface area contributed by atoms with Crippen LogP contribution in [0.15, 0.2) is 30.3 Å². The van der Waals surface area contributed by atoms with E-state index in [0.29, 0.717) is 26.2 Å². The zero-order valence-electron chi connectivity index (χ0n) is 21.5. The van der Waals surface area contributed by atoms with Gasteiger partial charge in [0.2, 0.25) is 0 Å². The van der Waals surface area contributed by atoms with Gasteiger partial charge in [0.1, 0.15) is 5.60 Å². The molecule has 1 heterocycles. The second-order valence-corrected chi connectivity index (χ2v) is 9.91. The number of esters is 1. The Hall–Kier alpha value is -1.43. The lowest BCUT2D eigenvalue weighted by molar-refractivity contribution is -0.152. The molecule has 1 aromatic carbocycles. The van der Waals surface area contributed by atoms with E-state index >= 15 is 0 Å². The minimum Gasteiger partial charge on any atom is -0.466 e. The van der Waals surface area contributed by atoms with Gasteiger partial charge in [-0.1, -0.05) is 108 Å². The first-order chi connectivity index (χ1) is 16.7. The molecule has 0 aliphatic carbocycles. The first-order valence-electron chi connectivity index (χ1n) is 13.7. The smallest absolute Gasteiger partial charge is 0.308 e. The molecule has 0 unspecified atom stereocenters. The number of ether oxygens (including phenoxy) is 3. The Bertz CT molecular complexity index is 635. The normalized spacial score (nSPS) is 20.0. The van der Waals surface area contributed by atoms with E-state index in [1.54, 1.807) is 0 Å². The highest BCUT2D eigenvalue weighted by Gasteiger charge is 2.41. The Labute approximate surface area is 207 Å². The molecule has 34 heavy (non-hydrogen) atoms. The maximum Gasteiger partial charge on any atom is 0.308 e. The monoisotopic (exact) mass is 476 g/mol.